The Hall–Kier alpha value is -2.19. The van der Waals surface area contributed by atoms with Crippen LogP contribution in [-0.4, -0.2) is 48.7 Å². The van der Waals surface area contributed by atoms with E-state index in [-0.39, 0.29) is 0 Å². The van der Waals surface area contributed by atoms with Gasteiger partial charge in [-0.3, -0.25) is 4.98 Å². The molecule has 1 fully saturated rings. The van der Waals surface area contributed by atoms with Crippen molar-refractivity contribution in [3.05, 3.63) is 30.1 Å². The number of pyridine rings is 1. The molecule has 0 aliphatic carbocycles. The molecule has 2 rings (SSSR count). The standard InChI is InChI=1S/C19H28N2O6/c1-19(2,3)27-18(23)21-15(17(22)24-4)16(13-9-5-7-11-20-13)26-14-10-6-8-12-25-14/h5,7,9,11,14-16H,6,8,10,12H2,1-4H3,(H,21,23). The normalized spacial score (nSPS) is 19.6. The highest BCUT2D eigenvalue weighted by Crippen LogP contribution is 2.26. The van der Waals surface area contributed by atoms with E-state index < -0.39 is 36.1 Å². The lowest BCUT2D eigenvalue weighted by Gasteiger charge is -2.31. The van der Waals surface area contributed by atoms with Gasteiger partial charge in [-0.25, -0.2) is 9.59 Å². The number of ether oxygens (including phenoxy) is 4. The molecular formula is C19H28N2O6. The molecule has 1 N–H and O–H groups in total. The molecule has 0 saturated carbocycles. The number of alkyl carbamates (subject to hydrolysis) is 1. The predicted molar refractivity (Wildman–Crippen MR) is 96.8 cm³/mol. The third-order valence-electron chi connectivity index (χ3n) is 3.85. The molecule has 1 aromatic rings. The van der Waals surface area contributed by atoms with Crippen molar-refractivity contribution in [1.29, 1.82) is 0 Å². The van der Waals surface area contributed by atoms with E-state index in [4.69, 9.17) is 18.9 Å². The van der Waals surface area contributed by atoms with Crippen LogP contribution in [0.5, 0.6) is 0 Å². The van der Waals surface area contributed by atoms with Crippen molar-refractivity contribution < 1.29 is 28.5 Å². The fourth-order valence-electron chi connectivity index (χ4n) is 2.67. The zero-order chi connectivity index (χ0) is 19.9. The number of hydrogen-bond acceptors (Lipinski definition) is 7. The Kier molecular flexibility index (Phi) is 7.55. The van der Waals surface area contributed by atoms with Crippen molar-refractivity contribution in [2.45, 2.75) is 64.1 Å². The van der Waals surface area contributed by atoms with Crippen LogP contribution in [0.4, 0.5) is 4.79 Å². The van der Waals surface area contributed by atoms with Gasteiger partial charge in [0.2, 0.25) is 0 Å². The third-order valence-corrected chi connectivity index (χ3v) is 3.85. The average molecular weight is 380 g/mol. The number of carbonyl (C=O) groups is 2. The summed E-state index contributed by atoms with van der Waals surface area (Å²) in [5, 5.41) is 2.56. The second-order valence-electron chi connectivity index (χ2n) is 7.25. The largest absolute Gasteiger partial charge is 0.467 e. The van der Waals surface area contributed by atoms with E-state index in [2.05, 4.69) is 10.3 Å². The van der Waals surface area contributed by atoms with Crippen LogP contribution >= 0.6 is 0 Å². The molecule has 0 radical (unpaired) electrons. The number of methoxy groups -OCH3 is 1. The summed E-state index contributed by atoms with van der Waals surface area (Å²) in [7, 11) is 1.25. The Labute approximate surface area is 159 Å². The Bertz CT molecular complexity index is 610. The molecule has 0 aromatic carbocycles. The number of nitrogens with zero attached hydrogens (tertiary/aromatic N) is 1. The fraction of sp³-hybridized carbons (Fsp3) is 0.632. The topological polar surface area (TPSA) is 96.0 Å². The lowest BCUT2D eigenvalue weighted by Crippen LogP contribution is -2.49. The monoisotopic (exact) mass is 380 g/mol. The summed E-state index contributed by atoms with van der Waals surface area (Å²) < 4.78 is 21.8. The first-order chi connectivity index (χ1) is 12.8. The molecular weight excluding hydrogens is 352 g/mol. The van der Waals surface area contributed by atoms with Crippen LogP contribution in [0.3, 0.4) is 0 Å². The summed E-state index contributed by atoms with van der Waals surface area (Å²) >= 11 is 0. The second kappa shape index (κ2) is 9.66. The van der Waals surface area contributed by atoms with Crippen molar-refractivity contribution in [2.24, 2.45) is 0 Å². The molecule has 150 valence electrons. The number of amides is 1. The second-order valence-corrected chi connectivity index (χ2v) is 7.25. The minimum absolute atomic E-state index is 0.484. The minimum atomic E-state index is -1.13. The number of esters is 1. The highest BCUT2D eigenvalue weighted by Gasteiger charge is 2.37. The van der Waals surface area contributed by atoms with Gasteiger partial charge < -0.3 is 24.3 Å². The molecule has 2 heterocycles. The third kappa shape index (κ3) is 6.80. The van der Waals surface area contributed by atoms with E-state index in [0.29, 0.717) is 18.7 Å². The average Bonchev–Trinajstić information content (AvgIpc) is 2.64. The maximum absolute atomic E-state index is 12.4. The zero-order valence-electron chi connectivity index (χ0n) is 16.3. The van der Waals surface area contributed by atoms with Crippen LogP contribution in [0.1, 0.15) is 51.8 Å². The summed E-state index contributed by atoms with van der Waals surface area (Å²) in [5.41, 5.74) is -0.225. The molecule has 0 spiro atoms. The van der Waals surface area contributed by atoms with Gasteiger partial charge in [0, 0.05) is 12.8 Å². The molecule has 8 heteroatoms. The van der Waals surface area contributed by atoms with Crippen molar-refractivity contribution in [1.82, 2.24) is 10.3 Å². The highest BCUT2D eigenvalue weighted by atomic mass is 16.7. The number of carbonyl (C=O) groups excluding carboxylic acids is 2. The van der Waals surface area contributed by atoms with Crippen molar-refractivity contribution in [2.75, 3.05) is 13.7 Å². The minimum Gasteiger partial charge on any atom is -0.467 e. The lowest BCUT2D eigenvalue weighted by molar-refractivity contribution is -0.200. The van der Waals surface area contributed by atoms with Crippen LogP contribution < -0.4 is 5.32 Å². The van der Waals surface area contributed by atoms with Crippen molar-refractivity contribution in [3.8, 4) is 0 Å². The summed E-state index contributed by atoms with van der Waals surface area (Å²) in [6, 6.07) is 4.12. The molecule has 1 amide bonds. The van der Waals surface area contributed by atoms with Gasteiger partial charge in [0.25, 0.3) is 0 Å². The van der Waals surface area contributed by atoms with Crippen LogP contribution in [0.2, 0.25) is 0 Å². The molecule has 1 aliphatic heterocycles. The molecule has 3 unspecified atom stereocenters. The van der Waals surface area contributed by atoms with E-state index in [1.165, 1.54) is 7.11 Å². The van der Waals surface area contributed by atoms with Gasteiger partial charge in [-0.15, -0.1) is 0 Å². The first kappa shape index (κ1) is 21.1. The molecule has 1 aliphatic rings. The fourth-order valence-corrected chi connectivity index (χ4v) is 2.67. The van der Waals surface area contributed by atoms with E-state index in [1.54, 1.807) is 45.2 Å². The summed E-state index contributed by atoms with van der Waals surface area (Å²) in [6.45, 7) is 5.80. The van der Waals surface area contributed by atoms with E-state index in [9.17, 15) is 9.59 Å². The van der Waals surface area contributed by atoms with Gasteiger partial charge in [-0.1, -0.05) is 6.07 Å². The maximum atomic E-state index is 12.4. The zero-order valence-corrected chi connectivity index (χ0v) is 16.3. The first-order valence-corrected chi connectivity index (χ1v) is 9.05. The van der Waals surface area contributed by atoms with E-state index >= 15 is 0 Å². The Morgan fingerprint density at radius 3 is 2.63 bits per heavy atom. The lowest BCUT2D eigenvalue weighted by atomic mass is 10.1. The molecule has 1 saturated heterocycles. The van der Waals surface area contributed by atoms with E-state index in [1.807, 2.05) is 0 Å². The Balaban J connectivity index is 2.25. The van der Waals surface area contributed by atoms with E-state index in [0.717, 1.165) is 12.8 Å². The summed E-state index contributed by atoms with van der Waals surface area (Å²) in [5.74, 6) is -0.660. The first-order valence-electron chi connectivity index (χ1n) is 9.05. The van der Waals surface area contributed by atoms with Gasteiger partial charge in [0.1, 0.15) is 11.7 Å². The van der Waals surface area contributed by atoms with Gasteiger partial charge in [0.05, 0.1) is 12.8 Å². The summed E-state index contributed by atoms with van der Waals surface area (Å²) in [6.07, 6.45) is 2.10. The maximum Gasteiger partial charge on any atom is 0.408 e. The molecule has 27 heavy (non-hydrogen) atoms. The Morgan fingerprint density at radius 1 is 1.30 bits per heavy atom. The van der Waals surface area contributed by atoms with Crippen LogP contribution in [0.15, 0.2) is 24.4 Å². The smallest absolute Gasteiger partial charge is 0.408 e. The number of hydrogen-bond donors (Lipinski definition) is 1. The number of aromatic nitrogens is 1. The van der Waals surface area contributed by atoms with Gasteiger partial charge in [-0.2, -0.15) is 0 Å². The number of nitrogens with one attached hydrogen (secondary N) is 1. The Morgan fingerprint density at radius 2 is 2.07 bits per heavy atom. The predicted octanol–water partition coefficient (Wildman–Crippen LogP) is 2.73. The molecule has 8 nitrogen and oxygen atoms in total. The van der Waals surface area contributed by atoms with Crippen molar-refractivity contribution >= 4 is 12.1 Å². The number of rotatable bonds is 6. The quantitative estimate of drug-likeness (QED) is 0.758. The molecule has 1 aromatic heterocycles. The van der Waals surface area contributed by atoms with Crippen LogP contribution in [0, 0.1) is 0 Å². The SMILES string of the molecule is COC(=O)C(NC(=O)OC(C)(C)C)C(OC1CCCCO1)c1ccccn1. The van der Waals surface area contributed by atoms with Gasteiger partial charge in [0.15, 0.2) is 12.3 Å². The molecule has 3 atom stereocenters. The van der Waals surface area contributed by atoms with Gasteiger partial charge in [-0.05, 0) is 52.2 Å². The summed E-state index contributed by atoms with van der Waals surface area (Å²) in [4.78, 5) is 29.0. The van der Waals surface area contributed by atoms with Gasteiger partial charge >= 0.3 is 12.1 Å². The van der Waals surface area contributed by atoms with Crippen LogP contribution in [-0.2, 0) is 23.7 Å². The van der Waals surface area contributed by atoms with Crippen molar-refractivity contribution in [3.63, 3.8) is 0 Å². The highest BCUT2D eigenvalue weighted by molar-refractivity contribution is 5.82. The molecule has 0 bridgehead atoms. The van der Waals surface area contributed by atoms with Crippen LogP contribution in [0.25, 0.3) is 0 Å².